The van der Waals surface area contributed by atoms with Crippen LogP contribution in [0.3, 0.4) is 0 Å². The van der Waals surface area contributed by atoms with Gasteiger partial charge >= 0.3 is 5.97 Å². The van der Waals surface area contributed by atoms with Crippen LogP contribution in [0.4, 0.5) is 0 Å². The first-order valence-corrected chi connectivity index (χ1v) is 14.7. The van der Waals surface area contributed by atoms with E-state index in [0.29, 0.717) is 6.42 Å². The van der Waals surface area contributed by atoms with Crippen LogP contribution in [0.5, 0.6) is 5.75 Å². The van der Waals surface area contributed by atoms with Crippen molar-refractivity contribution in [2.45, 2.75) is 30.2 Å². The molecule has 0 amide bonds. The number of methoxy groups -OCH3 is 2. The molecule has 0 bridgehead atoms. The average molecular weight is 563 g/mol. The highest BCUT2D eigenvalue weighted by Gasteiger charge is 2.64. The predicted molar refractivity (Wildman–Crippen MR) is 163 cm³/mol. The smallest absolute Gasteiger partial charge is 0.321 e. The van der Waals surface area contributed by atoms with E-state index in [1.165, 1.54) is 11.1 Å². The number of benzene rings is 4. The molecular weight excluding hydrogens is 524 g/mol. The molecular formula is C36H38N2O4. The van der Waals surface area contributed by atoms with E-state index in [9.17, 15) is 4.79 Å². The maximum absolute atomic E-state index is 14.0. The minimum Gasteiger partial charge on any atom is -0.497 e. The van der Waals surface area contributed by atoms with Crippen molar-refractivity contribution in [1.29, 1.82) is 0 Å². The number of hydrogen-bond donors (Lipinski definition) is 0. The molecule has 1 unspecified atom stereocenters. The normalized spacial score (nSPS) is 21.5. The Morgan fingerprint density at radius 2 is 1.19 bits per heavy atom. The lowest BCUT2D eigenvalue weighted by atomic mass is 9.95. The van der Waals surface area contributed by atoms with Gasteiger partial charge in [-0.3, -0.25) is 14.6 Å². The molecule has 2 fully saturated rings. The molecule has 6 rings (SSSR count). The molecule has 1 saturated heterocycles. The van der Waals surface area contributed by atoms with Crippen LogP contribution in [0.2, 0.25) is 0 Å². The van der Waals surface area contributed by atoms with Crippen molar-refractivity contribution in [2.24, 2.45) is 0 Å². The number of nitrogens with zero attached hydrogens (tertiary/aromatic N) is 2. The summed E-state index contributed by atoms with van der Waals surface area (Å²) in [6.07, 6.45) is -0.107. The SMILES string of the molecule is COc1ccc([C@]2(C(=O)OC(c3ccccc3)N3CCN(C(c4ccccc4)c4ccccc4)CC3)C[C@H]2OC)cc1. The molecule has 1 heterocycles. The molecule has 4 aromatic carbocycles. The number of carbonyl (C=O) groups is 1. The van der Waals surface area contributed by atoms with Gasteiger partial charge in [0.2, 0.25) is 0 Å². The van der Waals surface area contributed by atoms with Gasteiger partial charge < -0.3 is 14.2 Å². The Hall–Kier alpha value is -3.97. The first kappa shape index (κ1) is 28.2. The van der Waals surface area contributed by atoms with Gasteiger partial charge in [-0.15, -0.1) is 0 Å². The fraction of sp³-hybridized carbons (Fsp3) is 0.306. The fourth-order valence-electron chi connectivity index (χ4n) is 6.34. The van der Waals surface area contributed by atoms with Gasteiger partial charge in [-0.05, 0) is 35.2 Å². The van der Waals surface area contributed by atoms with E-state index < -0.39 is 11.6 Å². The average Bonchev–Trinajstić information content (AvgIpc) is 3.82. The minimum absolute atomic E-state index is 0.166. The summed E-state index contributed by atoms with van der Waals surface area (Å²) in [6.45, 7) is 3.23. The molecule has 42 heavy (non-hydrogen) atoms. The quantitative estimate of drug-likeness (QED) is 0.221. The van der Waals surface area contributed by atoms with Crippen molar-refractivity contribution in [3.8, 4) is 5.75 Å². The number of hydrogen-bond acceptors (Lipinski definition) is 6. The van der Waals surface area contributed by atoms with E-state index in [-0.39, 0.29) is 18.1 Å². The van der Waals surface area contributed by atoms with Crippen molar-refractivity contribution in [2.75, 3.05) is 40.4 Å². The Labute approximate surface area is 248 Å². The van der Waals surface area contributed by atoms with Gasteiger partial charge in [0.15, 0.2) is 6.23 Å². The molecule has 0 N–H and O–H groups in total. The second-order valence-corrected chi connectivity index (χ2v) is 11.1. The van der Waals surface area contributed by atoms with Crippen LogP contribution in [0, 0.1) is 0 Å². The number of esters is 1. The molecule has 4 aromatic rings. The van der Waals surface area contributed by atoms with Crippen molar-refractivity contribution in [3.05, 3.63) is 138 Å². The second kappa shape index (κ2) is 12.5. The number of piperazine rings is 1. The highest BCUT2D eigenvalue weighted by Crippen LogP contribution is 2.52. The zero-order valence-corrected chi connectivity index (χ0v) is 24.3. The Bertz CT molecular complexity index is 1400. The van der Waals surface area contributed by atoms with E-state index in [0.717, 1.165) is 43.1 Å². The van der Waals surface area contributed by atoms with Gasteiger partial charge in [-0.1, -0.05) is 103 Å². The predicted octanol–water partition coefficient (Wildman–Crippen LogP) is 6.00. The van der Waals surface area contributed by atoms with E-state index in [4.69, 9.17) is 14.2 Å². The zero-order valence-electron chi connectivity index (χ0n) is 24.3. The third-order valence-corrected chi connectivity index (χ3v) is 8.73. The Morgan fingerprint density at radius 3 is 1.67 bits per heavy atom. The van der Waals surface area contributed by atoms with Gasteiger partial charge in [-0.25, -0.2) is 0 Å². The second-order valence-electron chi connectivity index (χ2n) is 11.1. The molecule has 1 saturated carbocycles. The maximum atomic E-state index is 14.0. The lowest BCUT2D eigenvalue weighted by Gasteiger charge is -2.42. The van der Waals surface area contributed by atoms with Gasteiger partial charge in [0, 0.05) is 38.9 Å². The lowest BCUT2D eigenvalue weighted by Crippen LogP contribution is -2.50. The van der Waals surface area contributed by atoms with Gasteiger partial charge in [0.25, 0.3) is 0 Å². The molecule has 3 atom stereocenters. The number of carbonyl (C=O) groups excluding carboxylic acids is 1. The molecule has 1 aliphatic carbocycles. The van der Waals surface area contributed by atoms with Crippen molar-refractivity contribution >= 4 is 5.97 Å². The molecule has 1 aliphatic heterocycles. The van der Waals surface area contributed by atoms with Crippen LogP contribution in [-0.4, -0.2) is 62.3 Å². The summed E-state index contributed by atoms with van der Waals surface area (Å²) in [4.78, 5) is 18.9. The number of rotatable bonds is 10. The monoisotopic (exact) mass is 562 g/mol. The Balaban J connectivity index is 1.23. The van der Waals surface area contributed by atoms with Crippen LogP contribution in [0.25, 0.3) is 0 Å². The van der Waals surface area contributed by atoms with Crippen LogP contribution in [0.1, 0.15) is 40.9 Å². The van der Waals surface area contributed by atoms with Crippen LogP contribution in [0.15, 0.2) is 115 Å². The summed E-state index contributed by atoms with van der Waals surface area (Å²) < 4.78 is 17.5. The molecule has 6 nitrogen and oxygen atoms in total. The molecule has 0 spiro atoms. The zero-order chi connectivity index (χ0) is 28.9. The first-order chi connectivity index (χ1) is 20.6. The fourth-order valence-corrected chi connectivity index (χ4v) is 6.34. The van der Waals surface area contributed by atoms with Crippen molar-refractivity contribution in [3.63, 3.8) is 0 Å². The lowest BCUT2D eigenvalue weighted by molar-refractivity contribution is -0.167. The highest BCUT2D eigenvalue weighted by atomic mass is 16.6. The van der Waals surface area contributed by atoms with E-state index >= 15 is 0 Å². The standard InChI is InChI=1S/C36H38N2O4/c1-40-31-20-18-30(19-21-31)36(26-32(36)41-2)35(39)42-34(29-16-10-5-11-17-29)38-24-22-37(23-25-38)33(27-12-6-3-7-13-27)28-14-8-4-9-15-28/h3-21,32-34H,22-26H2,1-2H3/t32-,34?,36-/m1/s1. The topological polar surface area (TPSA) is 51.2 Å². The summed E-state index contributed by atoms with van der Waals surface area (Å²) in [5.74, 6) is 0.503. The van der Waals surface area contributed by atoms with E-state index in [2.05, 4.69) is 70.5 Å². The summed E-state index contributed by atoms with van der Waals surface area (Å²) in [6, 6.07) is 39.3. The minimum atomic E-state index is -0.818. The van der Waals surface area contributed by atoms with Crippen LogP contribution < -0.4 is 4.74 Å². The van der Waals surface area contributed by atoms with E-state index in [1.54, 1.807) is 14.2 Å². The Morgan fingerprint density at radius 1 is 0.690 bits per heavy atom. The largest absolute Gasteiger partial charge is 0.497 e. The molecule has 0 aromatic heterocycles. The van der Waals surface area contributed by atoms with Gasteiger partial charge in [0.1, 0.15) is 11.2 Å². The molecule has 0 radical (unpaired) electrons. The van der Waals surface area contributed by atoms with Crippen LogP contribution in [-0.2, 0) is 19.7 Å². The summed E-state index contributed by atoms with van der Waals surface area (Å²) >= 11 is 0. The third-order valence-electron chi connectivity index (χ3n) is 8.73. The maximum Gasteiger partial charge on any atom is 0.321 e. The van der Waals surface area contributed by atoms with E-state index in [1.807, 2.05) is 54.6 Å². The molecule has 6 heteroatoms. The first-order valence-electron chi connectivity index (χ1n) is 14.7. The third kappa shape index (κ3) is 5.58. The number of ether oxygens (including phenoxy) is 3. The van der Waals surface area contributed by atoms with Crippen molar-refractivity contribution < 1.29 is 19.0 Å². The van der Waals surface area contributed by atoms with Crippen molar-refractivity contribution in [1.82, 2.24) is 9.80 Å². The summed E-state index contributed by atoms with van der Waals surface area (Å²) in [7, 11) is 3.30. The Kier molecular flexibility index (Phi) is 8.38. The summed E-state index contributed by atoms with van der Waals surface area (Å²) in [5, 5.41) is 0. The van der Waals surface area contributed by atoms with Gasteiger partial charge in [0.05, 0.1) is 19.3 Å². The summed E-state index contributed by atoms with van der Waals surface area (Å²) in [5.41, 5.74) is 3.61. The highest BCUT2D eigenvalue weighted by molar-refractivity contribution is 5.88. The molecule has 2 aliphatic rings. The van der Waals surface area contributed by atoms with Gasteiger partial charge in [-0.2, -0.15) is 0 Å². The van der Waals surface area contributed by atoms with Crippen LogP contribution >= 0.6 is 0 Å². The molecule has 216 valence electrons.